The van der Waals surface area contributed by atoms with Gasteiger partial charge in [0.1, 0.15) is 0 Å². The number of amides is 1. The van der Waals surface area contributed by atoms with E-state index in [-0.39, 0.29) is 35.9 Å². The zero-order valence-corrected chi connectivity index (χ0v) is 22.5. The van der Waals surface area contributed by atoms with E-state index in [1.165, 1.54) is 6.26 Å². The maximum absolute atomic E-state index is 12.1. The highest BCUT2D eigenvalue weighted by Gasteiger charge is 2.13. The lowest BCUT2D eigenvalue weighted by molar-refractivity contribution is 0.0925. The number of aryl methyl sites for hydroxylation is 1. The van der Waals surface area contributed by atoms with Gasteiger partial charge in [0.2, 0.25) is 0 Å². The molecule has 1 amide bonds. The summed E-state index contributed by atoms with van der Waals surface area (Å²) >= 11 is 0. The van der Waals surface area contributed by atoms with Crippen molar-refractivity contribution in [1.29, 1.82) is 0 Å². The van der Waals surface area contributed by atoms with Gasteiger partial charge in [-0.15, -0.1) is 24.0 Å². The first-order chi connectivity index (χ1) is 15.5. The zero-order valence-electron chi connectivity index (χ0n) is 20.2. The van der Waals surface area contributed by atoms with Crippen molar-refractivity contribution in [3.63, 3.8) is 0 Å². The Labute approximate surface area is 213 Å². The summed E-state index contributed by atoms with van der Waals surface area (Å²) in [5.74, 6) is 2.37. The summed E-state index contributed by atoms with van der Waals surface area (Å²) in [5, 5.41) is 9.55. The van der Waals surface area contributed by atoms with Crippen LogP contribution in [-0.4, -0.2) is 44.7 Å². The van der Waals surface area contributed by atoms with E-state index in [9.17, 15) is 4.79 Å². The van der Waals surface area contributed by atoms with Crippen molar-refractivity contribution in [2.75, 3.05) is 32.8 Å². The quantitative estimate of drug-likeness (QED) is 0.151. The van der Waals surface area contributed by atoms with E-state index in [1.807, 2.05) is 45.9 Å². The molecule has 0 saturated carbocycles. The summed E-state index contributed by atoms with van der Waals surface area (Å²) < 4.78 is 16.6. The second-order valence-electron chi connectivity index (χ2n) is 7.24. The van der Waals surface area contributed by atoms with Crippen LogP contribution in [0.2, 0.25) is 0 Å². The number of nitrogens with zero attached hydrogens (tertiary/aromatic N) is 1. The summed E-state index contributed by atoms with van der Waals surface area (Å²) in [7, 11) is 0. The van der Waals surface area contributed by atoms with Crippen LogP contribution in [0.3, 0.4) is 0 Å². The van der Waals surface area contributed by atoms with Crippen LogP contribution in [-0.2, 0) is 0 Å². The van der Waals surface area contributed by atoms with Crippen LogP contribution < -0.4 is 25.4 Å². The first-order valence-electron chi connectivity index (χ1n) is 11.3. The molecule has 3 N–H and O–H groups in total. The number of halogens is 1. The minimum absolute atomic E-state index is 0. The second kappa shape index (κ2) is 15.4. The van der Waals surface area contributed by atoms with Crippen LogP contribution >= 0.6 is 24.0 Å². The smallest absolute Gasteiger partial charge is 0.287 e. The van der Waals surface area contributed by atoms with E-state index in [1.54, 1.807) is 6.07 Å². The van der Waals surface area contributed by atoms with Gasteiger partial charge in [0, 0.05) is 25.2 Å². The molecule has 0 aliphatic carbocycles. The molecule has 1 aromatic carbocycles. The maximum atomic E-state index is 12.1. The van der Waals surface area contributed by atoms with Gasteiger partial charge in [-0.05, 0) is 64.8 Å². The third-order valence-electron chi connectivity index (χ3n) is 4.72. The summed E-state index contributed by atoms with van der Waals surface area (Å²) in [4.78, 5) is 16.7. The number of benzene rings is 1. The molecule has 2 aromatic rings. The molecule has 184 valence electrons. The lowest BCUT2D eigenvalue weighted by atomic mass is 10.1. The molecule has 8 nitrogen and oxygen atoms in total. The van der Waals surface area contributed by atoms with E-state index < -0.39 is 0 Å². The Balaban J connectivity index is 0.00000544. The predicted octanol–water partition coefficient (Wildman–Crippen LogP) is 4.44. The summed E-state index contributed by atoms with van der Waals surface area (Å²) in [5.41, 5.74) is 1.90. The number of furan rings is 1. The lowest BCUT2D eigenvalue weighted by Crippen LogP contribution is -2.39. The lowest BCUT2D eigenvalue weighted by Gasteiger charge is -2.20. The molecule has 0 aliphatic heterocycles. The Kier molecular flexibility index (Phi) is 13.4. The van der Waals surface area contributed by atoms with Crippen LogP contribution in [0.1, 0.15) is 61.8 Å². The molecule has 0 spiro atoms. The predicted molar refractivity (Wildman–Crippen MR) is 142 cm³/mol. The number of carbonyl (C=O) groups is 1. The van der Waals surface area contributed by atoms with Crippen LogP contribution in [0.4, 0.5) is 0 Å². The molecule has 1 atom stereocenters. The first kappa shape index (κ1) is 28.6. The average molecular weight is 572 g/mol. The number of guanidine groups is 1. The van der Waals surface area contributed by atoms with Gasteiger partial charge in [0.25, 0.3) is 5.91 Å². The molecule has 1 heterocycles. The zero-order chi connectivity index (χ0) is 23.3. The van der Waals surface area contributed by atoms with Gasteiger partial charge in [-0.3, -0.25) is 9.79 Å². The van der Waals surface area contributed by atoms with Gasteiger partial charge in [-0.2, -0.15) is 0 Å². The highest BCUT2D eigenvalue weighted by atomic mass is 127. The van der Waals surface area contributed by atoms with E-state index in [0.717, 1.165) is 35.1 Å². The van der Waals surface area contributed by atoms with Gasteiger partial charge in [-0.1, -0.05) is 6.07 Å². The van der Waals surface area contributed by atoms with Crippen LogP contribution in [0, 0.1) is 6.92 Å². The molecule has 9 heteroatoms. The molecule has 0 aliphatic rings. The Morgan fingerprint density at radius 1 is 1.09 bits per heavy atom. The van der Waals surface area contributed by atoms with Crippen LogP contribution in [0.25, 0.3) is 0 Å². The Bertz CT molecular complexity index is 885. The van der Waals surface area contributed by atoms with Crippen molar-refractivity contribution in [3.05, 3.63) is 47.4 Å². The number of nitrogens with one attached hydrogen (secondary N) is 3. The summed E-state index contributed by atoms with van der Waals surface area (Å²) in [6.07, 6.45) is 2.24. The average Bonchev–Trinajstić information content (AvgIpc) is 3.21. The van der Waals surface area contributed by atoms with E-state index >= 15 is 0 Å². The maximum Gasteiger partial charge on any atom is 0.287 e. The van der Waals surface area contributed by atoms with Gasteiger partial charge in [0.05, 0.1) is 25.5 Å². The van der Waals surface area contributed by atoms with E-state index in [4.69, 9.17) is 13.9 Å². The molecule has 33 heavy (non-hydrogen) atoms. The van der Waals surface area contributed by atoms with Crippen LogP contribution in [0.15, 0.2) is 39.9 Å². The molecule has 2 rings (SSSR count). The highest BCUT2D eigenvalue weighted by molar-refractivity contribution is 14.0. The second-order valence-corrected chi connectivity index (χ2v) is 7.24. The minimum atomic E-state index is -0.198. The number of hydrogen-bond acceptors (Lipinski definition) is 5. The number of rotatable bonds is 12. The van der Waals surface area contributed by atoms with Gasteiger partial charge in [0.15, 0.2) is 23.2 Å². The van der Waals surface area contributed by atoms with Gasteiger partial charge in [-0.25, -0.2) is 0 Å². The number of aliphatic imine (C=N–C) groups is 1. The normalized spacial score (nSPS) is 11.8. The third-order valence-corrected chi connectivity index (χ3v) is 4.72. The molecule has 1 aromatic heterocycles. The first-order valence-corrected chi connectivity index (χ1v) is 11.3. The molecule has 0 radical (unpaired) electrons. The summed E-state index contributed by atoms with van der Waals surface area (Å²) in [6, 6.07) is 7.76. The Hall–Kier alpha value is -2.43. The molecular formula is C24H37IN4O4. The van der Waals surface area contributed by atoms with E-state index in [0.29, 0.717) is 38.5 Å². The van der Waals surface area contributed by atoms with Gasteiger partial charge < -0.3 is 29.8 Å². The monoisotopic (exact) mass is 572 g/mol. The number of hydrogen-bond donors (Lipinski definition) is 3. The number of ether oxygens (including phenoxy) is 2. The largest absolute Gasteiger partial charge is 0.490 e. The summed E-state index contributed by atoms with van der Waals surface area (Å²) in [6.45, 7) is 12.9. The van der Waals surface area contributed by atoms with Gasteiger partial charge >= 0.3 is 0 Å². The van der Waals surface area contributed by atoms with Crippen molar-refractivity contribution < 1.29 is 18.7 Å². The molecular weight excluding hydrogens is 535 g/mol. The molecule has 0 bridgehead atoms. The Morgan fingerprint density at radius 2 is 1.82 bits per heavy atom. The Morgan fingerprint density at radius 3 is 2.45 bits per heavy atom. The fourth-order valence-corrected chi connectivity index (χ4v) is 3.10. The van der Waals surface area contributed by atoms with Crippen molar-refractivity contribution in [1.82, 2.24) is 16.0 Å². The van der Waals surface area contributed by atoms with Crippen molar-refractivity contribution in [2.24, 2.45) is 4.99 Å². The van der Waals surface area contributed by atoms with Crippen molar-refractivity contribution >= 4 is 35.8 Å². The standard InChI is InChI=1S/C24H36N4O4.HI/c1-6-25-24(27-14-9-13-26-23(29)22-17(4)12-15-32-22)28-18(5)19-10-11-20(30-7-2)21(16-19)31-8-3;/h10-12,15-16,18H,6-9,13-14H2,1-5H3,(H,26,29)(H2,25,27,28);1H. The molecule has 0 fully saturated rings. The number of carbonyl (C=O) groups excluding carboxylic acids is 1. The third kappa shape index (κ3) is 9.15. The molecule has 0 saturated heterocycles. The fraction of sp³-hybridized carbons (Fsp3) is 0.500. The minimum Gasteiger partial charge on any atom is -0.490 e. The fourth-order valence-electron chi connectivity index (χ4n) is 3.10. The SMILES string of the molecule is CCNC(=NCCCNC(=O)c1occc1C)NC(C)c1ccc(OCC)c(OCC)c1.I. The highest BCUT2D eigenvalue weighted by Crippen LogP contribution is 2.30. The van der Waals surface area contributed by atoms with Crippen molar-refractivity contribution in [2.45, 2.75) is 47.1 Å². The topological polar surface area (TPSA) is 97.1 Å². The molecule has 1 unspecified atom stereocenters. The van der Waals surface area contributed by atoms with E-state index in [2.05, 4.69) is 27.9 Å². The van der Waals surface area contributed by atoms with Crippen LogP contribution in [0.5, 0.6) is 11.5 Å². The van der Waals surface area contributed by atoms with Crippen molar-refractivity contribution in [3.8, 4) is 11.5 Å².